The van der Waals surface area contributed by atoms with E-state index in [9.17, 15) is 23.1 Å². The van der Waals surface area contributed by atoms with E-state index >= 15 is 0 Å². The number of rotatable bonds is 4. The highest BCUT2D eigenvalue weighted by atomic mass is 19.4. The first kappa shape index (κ1) is 20.6. The lowest BCUT2D eigenvalue weighted by atomic mass is 9.91. The zero-order chi connectivity index (χ0) is 21.6. The van der Waals surface area contributed by atoms with Crippen molar-refractivity contribution in [3.05, 3.63) is 52.8 Å². The van der Waals surface area contributed by atoms with Crippen LogP contribution in [0.5, 0.6) is 0 Å². The van der Waals surface area contributed by atoms with E-state index in [1.165, 1.54) is 12.1 Å². The third kappa shape index (κ3) is 3.87. The molecule has 1 aliphatic heterocycles. The number of carbonyl (C=O) groups is 1. The Labute approximate surface area is 173 Å². The van der Waals surface area contributed by atoms with Gasteiger partial charge in [-0.2, -0.15) is 13.2 Å². The molecule has 1 saturated heterocycles. The van der Waals surface area contributed by atoms with Crippen molar-refractivity contribution >= 4 is 11.9 Å². The number of hydrogen-bond donors (Lipinski definition) is 1. The van der Waals surface area contributed by atoms with Crippen molar-refractivity contribution in [2.45, 2.75) is 44.7 Å². The van der Waals surface area contributed by atoms with Crippen LogP contribution >= 0.6 is 0 Å². The molecule has 0 unspecified atom stereocenters. The Bertz CT molecular complexity index is 947. The van der Waals surface area contributed by atoms with Gasteiger partial charge in [-0.1, -0.05) is 32.0 Å². The lowest BCUT2D eigenvalue weighted by Crippen LogP contribution is -2.25. The number of aromatic nitrogens is 2. The van der Waals surface area contributed by atoms with Crippen LogP contribution in [0.1, 0.15) is 65.8 Å². The minimum atomic E-state index is -4.35. The summed E-state index contributed by atoms with van der Waals surface area (Å²) < 4.78 is 40.2. The highest BCUT2D eigenvalue weighted by molar-refractivity contribution is 5.85. The van der Waals surface area contributed by atoms with Gasteiger partial charge in [0.1, 0.15) is 0 Å². The molecule has 30 heavy (non-hydrogen) atoms. The summed E-state index contributed by atoms with van der Waals surface area (Å²) in [6.45, 7) is 5.16. The number of carboxylic acids is 1. The first-order valence-electron chi connectivity index (χ1n) is 10.2. The maximum absolute atomic E-state index is 13.4. The van der Waals surface area contributed by atoms with Crippen LogP contribution in [-0.4, -0.2) is 34.1 Å². The lowest BCUT2D eigenvalue weighted by molar-refractivity contribution is -0.138. The number of alkyl halides is 3. The summed E-state index contributed by atoms with van der Waals surface area (Å²) in [4.78, 5) is 22.2. The minimum absolute atomic E-state index is 0.0299. The molecule has 0 radical (unpaired) electrons. The second kappa shape index (κ2) is 7.56. The first-order valence-corrected chi connectivity index (χ1v) is 10.2. The molecule has 3 atom stereocenters. The normalized spacial score (nSPS) is 23.8. The molecular formula is C22H24F3N3O2. The number of nitrogens with zero attached hydrogens (tertiary/aromatic N) is 3. The van der Waals surface area contributed by atoms with E-state index in [2.05, 4.69) is 9.97 Å². The van der Waals surface area contributed by atoms with Crippen LogP contribution < -0.4 is 4.90 Å². The molecule has 2 heterocycles. The Hall–Kier alpha value is -2.64. The molecule has 0 spiro atoms. The number of anilines is 1. The molecule has 4 rings (SSSR count). The summed E-state index contributed by atoms with van der Waals surface area (Å²) >= 11 is 0. The molecule has 1 aromatic carbocycles. The summed E-state index contributed by atoms with van der Waals surface area (Å²) in [5.41, 5.74) is 0.493. The molecule has 8 heteroatoms. The number of fused-ring (bicyclic) bond motifs is 1. The largest absolute Gasteiger partial charge is 0.477 e. The van der Waals surface area contributed by atoms with Gasteiger partial charge in [0.25, 0.3) is 0 Å². The van der Waals surface area contributed by atoms with Crippen molar-refractivity contribution in [1.29, 1.82) is 0 Å². The Morgan fingerprint density at radius 2 is 1.77 bits per heavy atom. The van der Waals surface area contributed by atoms with E-state index in [0.717, 1.165) is 6.07 Å². The third-order valence-electron chi connectivity index (χ3n) is 6.28. The molecule has 160 valence electrons. The van der Waals surface area contributed by atoms with Gasteiger partial charge in [0.2, 0.25) is 5.95 Å². The molecule has 2 fully saturated rings. The maximum Gasteiger partial charge on any atom is 0.416 e. The van der Waals surface area contributed by atoms with Gasteiger partial charge < -0.3 is 10.0 Å². The molecule has 0 bridgehead atoms. The summed E-state index contributed by atoms with van der Waals surface area (Å²) in [5, 5.41) is 9.37. The molecule has 1 aliphatic carbocycles. The number of hydrogen-bond acceptors (Lipinski definition) is 4. The topological polar surface area (TPSA) is 66.3 Å². The van der Waals surface area contributed by atoms with E-state index in [1.807, 2.05) is 18.7 Å². The molecule has 2 aliphatic rings. The fourth-order valence-corrected chi connectivity index (χ4v) is 4.83. The second-order valence-electron chi connectivity index (χ2n) is 8.62. The summed E-state index contributed by atoms with van der Waals surface area (Å²) in [5.74, 6) is -0.247. The summed E-state index contributed by atoms with van der Waals surface area (Å²) in [7, 11) is 0. The number of halogens is 3. The standard InChI is InChI=1S/C22H24F3N3O2/c1-12(2)18-9-19(20(29)30)27-21(26-18)28-10-14-7-13(8-15(14)11-28)16-5-3-4-6-17(16)22(23,24)25/h3-6,9,12-15H,7-8,10-11H2,1-2H3,(H,29,30)/t13-,14+,15-. The average molecular weight is 419 g/mol. The monoisotopic (exact) mass is 419 g/mol. The Balaban J connectivity index is 1.53. The van der Waals surface area contributed by atoms with E-state index in [1.54, 1.807) is 12.1 Å². The van der Waals surface area contributed by atoms with Crippen molar-refractivity contribution in [1.82, 2.24) is 9.97 Å². The van der Waals surface area contributed by atoms with Crippen molar-refractivity contribution in [2.24, 2.45) is 11.8 Å². The molecule has 1 aromatic heterocycles. The van der Waals surface area contributed by atoms with E-state index in [4.69, 9.17) is 0 Å². The van der Waals surface area contributed by atoms with Crippen LogP contribution in [0.25, 0.3) is 0 Å². The lowest BCUT2D eigenvalue weighted by Gasteiger charge is -2.22. The predicted molar refractivity (Wildman–Crippen MR) is 106 cm³/mol. The van der Waals surface area contributed by atoms with Gasteiger partial charge in [-0.15, -0.1) is 0 Å². The fourth-order valence-electron chi connectivity index (χ4n) is 4.83. The van der Waals surface area contributed by atoms with Gasteiger partial charge >= 0.3 is 12.1 Å². The maximum atomic E-state index is 13.4. The van der Waals surface area contributed by atoms with Crippen LogP contribution in [0.3, 0.4) is 0 Å². The molecule has 2 aromatic rings. The number of carboxylic acid groups (broad SMARTS) is 1. The summed E-state index contributed by atoms with van der Waals surface area (Å²) in [6.07, 6.45) is -2.98. The number of aromatic carboxylic acids is 1. The molecule has 0 amide bonds. The van der Waals surface area contributed by atoms with Crippen LogP contribution in [-0.2, 0) is 6.18 Å². The Morgan fingerprint density at radius 3 is 2.33 bits per heavy atom. The van der Waals surface area contributed by atoms with Gasteiger partial charge in [-0.3, -0.25) is 0 Å². The van der Waals surface area contributed by atoms with Gasteiger partial charge in [0, 0.05) is 18.8 Å². The number of benzene rings is 1. The predicted octanol–water partition coefficient (Wildman–Crippen LogP) is 4.95. The average Bonchev–Trinajstić information content (AvgIpc) is 3.26. The van der Waals surface area contributed by atoms with E-state index in [0.29, 0.717) is 43.1 Å². The molecule has 1 N–H and O–H groups in total. The van der Waals surface area contributed by atoms with Gasteiger partial charge in [-0.05, 0) is 54.2 Å². The second-order valence-corrected chi connectivity index (χ2v) is 8.62. The van der Waals surface area contributed by atoms with Crippen molar-refractivity contribution < 1.29 is 23.1 Å². The van der Waals surface area contributed by atoms with Crippen LogP contribution in [0.2, 0.25) is 0 Å². The highest BCUT2D eigenvalue weighted by Crippen LogP contribution is 2.49. The van der Waals surface area contributed by atoms with Crippen LogP contribution in [0.15, 0.2) is 30.3 Å². The fraction of sp³-hybridized carbons (Fsp3) is 0.500. The third-order valence-corrected chi connectivity index (χ3v) is 6.28. The van der Waals surface area contributed by atoms with E-state index < -0.39 is 17.7 Å². The molecule has 1 saturated carbocycles. The van der Waals surface area contributed by atoms with Gasteiger partial charge in [-0.25, -0.2) is 14.8 Å². The van der Waals surface area contributed by atoms with Crippen molar-refractivity contribution in [3.8, 4) is 0 Å². The SMILES string of the molecule is CC(C)c1cc(C(=O)O)nc(N2C[C@H]3C[C@H](c4ccccc4C(F)(F)F)C[C@H]3C2)n1. The van der Waals surface area contributed by atoms with Crippen LogP contribution in [0, 0.1) is 11.8 Å². The smallest absolute Gasteiger partial charge is 0.416 e. The highest BCUT2D eigenvalue weighted by Gasteiger charge is 2.44. The van der Waals surface area contributed by atoms with E-state index in [-0.39, 0.29) is 29.4 Å². The first-order chi connectivity index (χ1) is 14.1. The Morgan fingerprint density at radius 1 is 1.13 bits per heavy atom. The quantitative estimate of drug-likeness (QED) is 0.760. The molecule has 5 nitrogen and oxygen atoms in total. The molecular weight excluding hydrogens is 395 g/mol. The van der Waals surface area contributed by atoms with Gasteiger partial charge in [0.05, 0.1) is 5.56 Å². The van der Waals surface area contributed by atoms with Crippen LogP contribution in [0.4, 0.5) is 19.1 Å². The zero-order valence-electron chi connectivity index (χ0n) is 16.9. The Kier molecular flexibility index (Phi) is 5.20. The van der Waals surface area contributed by atoms with Gasteiger partial charge in [0.15, 0.2) is 5.69 Å². The van der Waals surface area contributed by atoms with Crippen molar-refractivity contribution in [3.63, 3.8) is 0 Å². The summed E-state index contributed by atoms with van der Waals surface area (Å²) in [6, 6.07) is 7.36. The van der Waals surface area contributed by atoms with Crippen molar-refractivity contribution in [2.75, 3.05) is 18.0 Å². The minimum Gasteiger partial charge on any atom is -0.477 e. The zero-order valence-corrected chi connectivity index (χ0v) is 16.9.